The number of carbonyl (C=O) groups is 2. The van der Waals surface area contributed by atoms with Crippen molar-refractivity contribution in [1.82, 2.24) is 4.57 Å². The molecule has 2 aromatic rings. The zero-order valence-electron chi connectivity index (χ0n) is 15.5. The number of ether oxygens (including phenoxy) is 1. The fourth-order valence-electron chi connectivity index (χ4n) is 3.35. The molecule has 3 rings (SSSR count). The van der Waals surface area contributed by atoms with Gasteiger partial charge in [-0.05, 0) is 51.3 Å². The summed E-state index contributed by atoms with van der Waals surface area (Å²) in [5.41, 5.74) is 2.52. The van der Waals surface area contributed by atoms with Gasteiger partial charge in [0.05, 0.1) is 11.6 Å². The van der Waals surface area contributed by atoms with Crippen LogP contribution < -0.4 is 0 Å². The number of ketones is 1. The molecule has 1 aromatic carbocycles. The minimum absolute atomic E-state index is 0.0587. The molecule has 1 atom stereocenters. The van der Waals surface area contributed by atoms with Gasteiger partial charge in [0.2, 0.25) is 5.78 Å². The van der Waals surface area contributed by atoms with Gasteiger partial charge in [-0.3, -0.25) is 9.59 Å². The second-order valence-electron chi connectivity index (χ2n) is 7.67. The summed E-state index contributed by atoms with van der Waals surface area (Å²) in [6.45, 7) is 6.29. The first-order chi connectivity index (χ1) is 12.3. The molecule has 0 amide bonds. The molecule has 0 bridgehead atoms. The first-order valence-corrected chi connectivity index (χ1v) is 8.97. The van der Waals surface area contributed by atoms with Crippen molar-refractivity contribution >= 4 is 11.8 Å². The Hall–Kier alpha value is -2.40. The van der Waals surface area contributed by atoms with Gasteiger partial charge in [0, 0.05) is 24.4 Å². The van der Waals surface area contributed by atoms with Crippen LogP contribution in [-0.4, -0.2) is 33.6 Å². The molecule has 0 spiro atoms. The van der Waals surface area contributed by atoms with Crippen LogP contribution in [0.25, 0.3) is 0 Å². The van der Waals surface area contributed by atoms with Gasteiger partial charge in [0.25, 0.3) is 0 Å². The average Bonchev–Trinajstić information content (AvgIpc) is 3.15. The van der Waals surface area contributed by atoms with Gasteiger partial charge in [-0.25, -0.2) is 0 Å². The van der Waals surface area contributed by atoms with Gasteiger partial charge < -0.3 is 14.4 Å². The van der Waals surface area contributed by atoms with Crippen molar-refractivity contribution in [3.05, 3.63) is 58.9 Å². The van der Waals surface area contributed by atoms with Crippen molar-refractivity contribution in [3.8, 4) is 0 Å². The van der Waals surface area contributed by atoms with E-state index in [4.69, 9.17) is 9.84 Å². The maximum Gasteiger partial charge on any atom is 0.315 e. The van der Waals surface area contributed by atoms with Crippen LogP contribution in [0.3, 0.4) is 0 Å². The van der Waals surface area contributed by atoms with Crippen LogP contribution in [0.1, 0.15) is 60.4 Å². The molecule has 1 N–H and O–H groups in total. The largest absolute Gasteiger partial charge is 0.459 e. The van der Waals surface area contributed by atoms with E-state index >= 15 is 0 Å². The molecule has 1 aliphatic heterocycles. The minimum atomic E-state index is -0.522. The number of hydrogen-bond acceptors (Lipinski definition) is 4. The van der Waals surface area contributed by atoms with Crippen molar-refractivity contribution in [2.75, 3.05) is 6.61 Å². The van der Waals surface area contributed by atoms with Crippen LogP contribution in [0.5, 0.6) is 0 Å². The fourth-order valence-corrected chi connectivity index (χ4v) is 3.35. The van der Waals surface area contributed by atoms with Gasteiger partial charge in [0.15, 0.2) is 0 Å². The van der Waals surface area contributed by atoms with Crippen LogP contribution in [0, 0.1) is 0 Å². The molecule has 5 nitrogen and oxygen atoms in total. The number of aliphatic hydroxyl groups is 1. The first kappa shape index (κ1) is 18.4. The number of fused-ring (bicyclic) bond motifs is 1. The molecule has 0 unspecified atom stereocenters. The lowest BCUT2D eigenvalue weighted by Gasteiger charge is -2.21. The van der Waals surface area contributed by atoms with E-state index < -0.39 is 5.60 Å². The van der Waals surface area contributed by atoms with E-state index in [1.807, 2.05) is 43.5 Å². The van der Waals surface area contributed by atoms with Crippen molar-refractivity contribution in [2.24, 2.45) is 0 Å². The third-order valence-electron chi connectivity index (χ3n) is 4.55. The second-order valence-corrected chi connectivity index (χ2v) is 7.67. The Morgan fingerprint density at radius 1 is 1.15 bits per heavy atom. The van der Waals surface area contributed by atoms with E-state index in [2.05, 4.69) is 0 Å². The lowest BCUT2D eigenvalue weighted by atomic mass is 10.0. The molecule has 0 saturated carbocycles. The molecule has 138 valence electrons. The first-order valence-electron chi connectivity index (χ1n) is 8.97. The summed E-state index contributed by atoms with van der Waals surface area (Å²) in [7, 11) is 0. The Labute approximate surface area is 153 Å². The van der Waals surface area contributed by atoms with E-state index in [0.29, 0.717) is 30.6 Å². The van der Waals surface area contributed by atoms with E-state index in [0.717, 1.165) is 11.3 Å². The molecular weight excluding hydrogens is 330 g/mol. The molecule has 26 heavy (non-hydrogen) atoms. The number of rotatable bonds is 5. The summed E-state index contributed by atoms with van der Waals surface area (Å²) in [6.07, 6.45) is 1.23. The highest BCUT2D eigenvalue weighted by molar-refractivity contribution is 6.08. The molecule has 1 aromatic heterocycles. The lowest BCUT2D eigenvalue weighted by Crippen LogP contribution is -2.27. The normalized spacial score (nSPS) is 16.4. The quantitative estimate of drug-likeness (QED) is 0.661. The third-order valence-corrected chi connectivity index (χ3v) is 4.55. The lowest BCUT2D eigenvalue weighted by molar-refractivity contribution is -0.156. The maximum atomic E-state index is 12.9. The Bertz CT molecular complexity index is 812. The van der Waals surface area contributed by atoms with E-state index in [9.17, 15) is 9.59 Å². The number of aromatic nitrogens is 1. The van der Waals surface area contributed by atoms with E-state index in [1.165, 1.54) is 0 Å². The highest BCUT2D eigenvalue weighted by atomic mass is 16.6. The molecule has 0 saturated heterocycles. The number of nitrogens with zero attached hydrogens (tertiary/aromatic N) is 1. The molecular formula is C21H25NO4. The Kier molecular flexibility index (Phi) is 5.01. The SMILES string of the molecule is CC(C)(C)OC(=O)[C@H]1CCn2c(C(=O)c3ccc(CCO)cc3)ccc21. The standard InChI is InChI=1S/C21H25NO4/c1-21(2,3)26-20(25)16-10-12-22-17(16)8-9-18(22)19(24)15-6-4-14(5-7-15)11-13-23/h4-9,16,23H,10-13H2,1-3H3/t16-/m0/s1. The number of hydrogen-bond donors (Lipinski definition) is 1. The highest BCUT2D eigenvalue weighted by Crippen LogP contribution is 2.33. The van der Waals surface area contributed by atoms with Crippen LogP contribution in [0.15, 0.2) is 36.4 Å². The zero-order valence-corrected chi connectivity index (χ0v) is 15.5. The van der Waals surface area contributed by atoms with Crippen molar-refractivity contribution in [2.45, 2.75) is 51.7 Å². The molecule has 0 radical (unpaired) electrons. The fraction of sp³-hybridized carbons (Fsp3) is 0.429. The van der Waals surface area contributed by atoms with Crippen LogP contribution in [0.2, 0.25) is 0 Å². The van der Waals surface area contributed by atoms with Crippen LogP contribution >= 0.6 is 0 Å². The smallest absolute Gasteiger partial charge is 0.315 e. The van der Waals surface area contributed by atoms with Crippen molar-refractivity contribution in [1.29, 1.82) is 0 Å². The average molecular weight is 355 g/mol. The van der Waals surface area contributed by atoms with Gasteiger partial charge >= 0.3 is 5.97 Å². The molecule has 2 heterocycles. The summed E-state index contributed by atoms with van der Waals surface area (Å²) in [6, 6.07) is 10.9. The van der Waals surface area contributed by atoms with Gasteiger partial charge in [-0.2, -0.15) is 0 Å². The Balaban J connectivity index is 1.80. The molecule has 1 aliphatic rings. The van der Waals surface area contributed by atoms with Gasteiger partial charge in [0.1, 0.15) is 5.60 Å². The molecule has 0 aliphatic carbocycles. The molecule has 0 fully saturated rings. The molecule has 5 heteroatoms. The number of aliphatic hydroxyl groups excluding tert-OH is 1. The summed E-state index contributed by atoms with van der Waals surface area (Å²) in [4.78, 5) is 25.3. The summed E-state index contributed by atoms with van der Waals surface area (Å²) in [5, 5.41) is 8.99. The Morgan fingerprint density at radius 2 is 1.85 bits per heavy atom. The minimum Gasteiger partial charge on any atom is -0.459 e. The van der Waals surface area contributed by atoms with Crippen LogP contribution in [0.4, 0.5) is 0 Å². The van der Waals surface area contributed by atoms with Crippen LogP contribution in [-0.2, 0) is 22.5 Å². The second kappa shape index (κ2) is 7.08. The highest BCUT2D eigenvalue weighted by Gasteiger charge is 2.34. The Morgan fingerprint density at radius 3 is 2.46 bits per heavy atom. The van der Waals surface area contributed by atoms with E-state index in [-0.39, 0.29) is 24.3 Å². The summed E-state index contributed by atoms with van der Waals surface area (Å²) < 4.78 is 7.44. The van der Waals surface area contributed by atoms with Gasteiger partial charge in [-0.1, -0.05) is 24.3 Å². The number of carbonyl (C=O) groups excluding carboxylic acids is 2. The van der Waals surface area contributed by atoms with Crippen molar-refractivity contribution in [3.63, 3.8) is 0 Å². The predicted octanol–water partition coefficient (Wildman–Crippen LogP) is 3.08. The van der Waals surface area contributed by atoms with Crippen molar-refractivity contribution < 1.29 is 19.4 Å². The predicted molar refractivity (Wildman–Crippen MR) is 98.3 cm³/mol. The summed E-state index contributed by atoms with van der Waals surface area (Å²) in [5.74, 6) is -0.610. The number of esters is 1. The van der Waals surface area contributed by atoms with Gasteiger partial charge in [-0.15, -0.1) is 0 Å². The number of benzene rings is 1. The zero-order chi connectivity index (χ0) is 18.9. The topological polar surface area (TPSA) is 68.5 Å². The maximum absolute atomic E-state index is 12.9. The monoisotopic (exact) mass is 355 g/mol. The summed E-state index contributed by atoms with van der Waals surface area (Å²) >= 11 is 0. The third kappa shape index (κ3) is 3.73. The van der Waals surface area contributed by atoms with E-state index in [1.54, 1.807) is 18.2 Å².